The molecule has 2 N–H and O–H groups in total. The first-order valence-electron chi connectivity index (χ1n) is 9.21. The second-order valence-corrected chi connectivity index (χ2v) is 9.44. The van der Waals surface area contributed by atoms with Gasteiger partial charge in [0.2, 0.25) is 5.13 Å². The Balaban J connectivity index is 1.47. The van der Waals surface area contributed by atoms with Gasteiger partial charge >= 0.3 is 0 Å². The largest absolute Gasteiger partial charge is 0.391 e. The predicted molar refractivity (Wildman–Crippen MR) is 111 cm³/mol. The van der Waals surface area contributed by atoms with E-state index >= 15 is 0 Å². The molecule has 26 heavy (non-hydrogen) atoms. The lowest BCUT2D eigenvalue weighted by Gasteiger charge is -2.31. The minimum atomic E-state index is -0.326. The molecule has 0 saturated carbocycles. The van der Waals surface area contributed by atoms with Gasteiger partial charge in [0.05, 0.1) is 6.10 Å². The highest BCUT2D eigenvalue weighted by Gasteiger charge is 2.19. The van der Waals surface area contributed by atoms with Crippen molar-refractivity contribution >= 4 is 33.9 Å². The van der Waals surface area contributed by atoms with E-state index in [1.807, 2.05) is 6.07 Å². The summed E-state index contributed by atoms with van der Waals surface area (Å²) in [5, 5.41) is 22.9. The minimum Gasteiger partial charge on any atom is -0.391 e. The monoisotopic (exact) mass is 392 g/mol. The third-order valence-electron chi connectivity index (χ3n) is 5.00. The number of aryl methyl sites for hydroxylation is 1. The molecule has 2 aromatic rings. The number of benzene rings is 1. The van der Waals surface area contributed by atoms with Crippen molar-refractivity contribution in [3.05, 3.63) is 29.3 Å². The summed E-state index contributed by atoms with van der Waals surface area (Å²) in [6.07, 6.45) is 2.15. The summed E-state index contributed by atoms with van der Waals surface area (Å²) in [6.45, 7) is 9.48. The van der Waals surface area contributed by atoms with Crippen LogP contribution >= 0.6 is 23.1 Å². The highest BCUT2D eigenvalue weighted by molar-refractivity contribution is 8.01. The molecular formula is C19H28N4OS2. The first kappa shape index (κ1) is 19.6. The van der Waals surface area contributed by atoms with E-state index in [1.54, 1.807) is 11.8 Å². The number of rotatable bonds is 7. The van der Waals surface area contributed by atoms with Gasteiger partial charge in [0.25, 0.3) is 0 Å². The molecule has 1 atom stereocenters. The third kappa shape index (κ3) is 5.42. The second kappa shape index (κ2) is 9.17. The Morgan fingerprint density at radius 2 is 2.08 bits per heavy atom. The topological polar surface area (TPSA) is 61.3 Å². The predicted octanol–water partition coefficient (Wildman–Crippen LogP) is 4.08. The molecule has 3 rings (SSSR count). The quantitative estimate of drug-likeness (QED) is 0.692. The number of thioether (sulfide) groups is 1. The van der Waals surface area contributed by atoms with Crippen LogP contribution in [0.3, 0.4) is 0 Å². The van der Waals surface area contributed by atoms with Gasteiger partial charge in [0.1, 0.15) is 0 Å². The fourth-order valence-electron chi connectivity index (χ4n) is 3.08. The summed E-state index contributed by atoms with van der Waals surface area (Å²) in [4.78, 5) is 2.37. The number of nitrogens with one attached hydrogen (secondary N) is 1. The molecule has 2 heterocycles. The van der Waals surface area contributed by atoms with E-state index in [2.05, 4.69) is 53.3 Å². The van der Waals surface area contributed by atoms with Crippen molar-refractivity contribution < 1.29 is 5.11 Å². The Bertz CT molecular complexity index is 713. The number of nitrogens with zero attached hydrogens (tertiary/aromatic N) is 3. The number of hydrogen-bond acceptors (Lipinski definition) is 7. The van der Waals surface area contributed by atoms with E-state index in [0.717, 1.165) is 40.7 Å². The molecule has 0 spiro atoms. The van der Waals surface area contributed by atoms with Gasteiger partial charge in [-0.2, -0.15) is 0 Å². The maximum atomic E-state index is 10.3. The van der Waals surface area contributed by atoms with Crippen molar-refractivity contribution in [1.82, 2.24) is 15.1 Å². The van der Waals surface area contributed by atoms with Crippen LogP contribution in [0, 0.1) is 19.8 Å². The number of aliphatic hydroxyl groups excluding tert-OH is 1. The normalized spacial score (nSPS) is 17.4. The summed E-state index contributed by atoms with van der Waals surface area (Å²) in [6, 6.07) is 6.20. The van der Waals surface area contributed by atoms with Gasteiger partial charge in [0.15, 0.2) is 4.34 Å². The molecule has 1 fully saturated rings. The van der Waals surface area contributed by atoms with Gasteiger partial charge in [-0.1, -0.05) is 42.2 Å². The number of hydrogen-bond donors (Lipinski definition) is 2. The highest BCUT2D eigenvalue weighted by Crippen LogP contribution is 2.30. The molecule has 0 radical (unpaired) electrons. The summed E-state index contributed by atoms with van der Waals surface area (Å²) >= 11 is 3.12. The molecule has 0 bridgehead atoms. The van der Waals surface area contributed by atoms with Gasteiger partial charge < -0.3 is 15.3 Å². The van der Waals surface area contributed by atoms with Crippen LogP contribution in [-0.4, -0.2) is 51.7 Å². The van der Waals surface area contributed by atoms with Crippen LogP contribution in [0.1, 0.15) is 30.9 Å². The SMILES string of the molecule is Cc1cccc(Nc2nnc(SCC(O)CN3CCC(C)CC3)s2)c1C. The van der Waals surface area contributed by atoms with E-state index in [1.165, 1.54) is 35.3 Å². The fraction of sp³-hybridized carbons (Fsp3) is 0.579. The van der Waals surface area contributed by atoms with Crippen LogP contribution in [0.5, 0.6) is 0 Å². The van der Waals surface area contributed by atoms with Gasteiger partial charge in [-0.25, -0.2) is 0 Å². The van der Waals surface area contributed by atoms with Crippen molar-refractivity contribution in [1.29, 1.82) is 0 Å². The van der Waals surface area contributed by atoms with Crippen LogP contribution in [0.25, 0.3) is 0 Å². The lowest BCUT2D eigenvalue weighted by Crippen LogP contribution is -2.39. The van der Waals surface area contributed by atoms with E-state index in [9.17, 15) is 5.11 Å². The van der Waals surface area contributed by atoms with E-state index < -0.39 is 0 Å². The Morgan fingerprint density at radius 1 is 1.31 bits per heavy atom. The van der Waals surface area contributed by atoms with Gasteiger partial charge in [-0.05, 0) is 62.9 Å². The van der Waals surface area contributed by atoms with Crippen molar-refractivity contribution in [2.24, 2.45) is 5.92 Å². The molecule has 1 saturated heterocycles. The van der Waals surface area contributed by atoms with E-state index in [0.29, 0.717) is 5.75 Å². The summed E-state index contributed by atoms with van der Waals surface area (Å²) in [5.41, 5.74) is 3.55. The first-order chi connectivity index (χ1) is 12.5. The maximum absolute atomic E-state index is 10.3. The van der Waals surface area contributed by atoms with Crippen LogP contribution in [-0.2, 0) is 0 Å². The summed E-state index contributed by atoms with van der Waals surface area (Å²) in [7, 11) is 0. The molecule has 0 amide bonds. The van der Waals surface area contributed by atoms with Crippen molar-refractivity contribution in [2.45, 2.75) is 44.1 Å². The molecule has 1 aliphatic heterocycles. The Hall–Kier alpha value is -1.15. The van der Waals surface area contributed by atoms with Gasteiger partial charge in [0, 0.05) is 18.0 Å². The molecule has 1 unspecified atom stereocenters. The lowest BCUT2D eigenvalue weighted by atomic mass is 9.99. The zero-order chi connectivity index (χ0) is 18.5. The van der Waals surface area contributed by atoms with Crippen molar-refractivity contribution in [2.75, 3.05) is 30.7 Å². The number of likely N-dealkylation sites (tertiary alicyclic amines) is 1. The van der Waals surface area contributed by atoms with Crippen LogP contribution in [0.15, 0.2) is 22.5 Å². The molecular weight excluding hydrogens is 364 g/mol. The lowest BCUT2D eigenvalue weighted by molar-refractivity contribution is 0.105. The Kier molecular flexibility index (Phi) is 6.92. The Labute approximate surface area is 164 Å². The molecule has 7 heteroatoms. The smallest absolute Gasteiger partial charge is 0.210 e. The molecule has 1 aliphatic rings. The van der Waals surface area contributed by atoms with Crippen molar-refractivity contribution in [3.8, 4) is 0 Å². The third-order valence-corrected chi connectivity index (χ3v) is 7.11. The molecule has 1 aromatic heterocycles. The zero-order valence-corrected chi connectivity index (χ0v) is 17.4. The standard InChI is InChI=1S/C19H28N4OS2/c1-13-7-9-23(10-8-13)11-16(24)12-25-19-22-21-18(26-19)20-17-6-4-5-14(2)15(17)3/h4-6,13,16,24H,7-12H2,1-3H3,(H,20,21). The zero-order valence-electron chi connectivity index (χ0n) is 15.7. The first-order valence-corrected chi connectivity index (χ1v) is 11.0. The number of β-amino-alcohol motifs (C(OH)–C–C–N with tert-alkyl or cyclic N) is 1. The average molecular weight is 393 g/mol. The fourth-order valence-corrected chi connectivity index (χ4v) is 4.79. The molecule has 5 nitrogen and oxygen atoms in total. The summed E-state index contributed by atoms with van der Waals surface area (Å²) in [5.74, 6) is 1.48. The summed E-state index contributed by atoms with van der Waals surface area (Å²) < 4.78 is 0.893. The number of aliphatic hydroxyl groups is 1. The Morgan fingerprint density at radius 3 is 2.85 bits per heavy atom. The molecule has 0 aliphatic carbocycles. The molecule has 142 valence electrons. The van der Waals surface area contributed by atoms with E-state index in [-0.39, 0.29) is 6.10 Å². The van der Waals surface area contributed by atoms with Crippen LogP contribution < -0.4 is 5.32 Å². The molecule has 1 aromatic carbocycles. The van der Waals surface area contributed by atoms with E-state index in [4.69, 9.17) is 0 Å². The number of piperidine rings is 1. The number of aromatic nitrogens is 2. The van der Waals surface area contributed by atoms with Gasteiger partial charge in [-0.15, -0.1) is 10.2 Å². The van der Waals surface area contributed by atoms with Gasteiger partial charge in [-0.3, -0.25) is 0 Å². The van der Waals surface area contributed by atoms with Crippen LogP contribution in [0.2, 0.25) is 0 Å². The second-order valence-electron chi connectivity index (χ2n) is 7.19. The maximum Gasteiger partial charge on any atom is 0.210 e. The minimum absolute atomic E-state index is 0.326. The average Bonchev–Trinajstić information content (AvgIpc) is 3.07. The number of anilines is 2. The van der Waals surface area contributed by atoms with Crippen LogP contribution in [0.4, 0.5) is 10.8 Å². The highest BCUT2D eigenvalue weighted by atomic mass is 32.2. The van der Waals surface area contributed by atoms with Crippen molar-refractivity contribution in [3.63, 3.8) is 0 Å².